The van der Waals surface area contributed by atoms with Gasteiger partial charge in [0.2, 0.25) is 0 Å². The van der Waals surface area contributed by atoms with Gasteiger partial charge in [-0.25, -0.2) is 0 Å². The first-order valence-electron chi connectivity index (χ1n) is 6.37. The van der Waals surface area contributed by atoms with E-state index in [1.165, 1.54) is 21.8 Å². The molecular formula is C16H16OS2. The standard InChI is InChI=1S/C16H16OS2/c1-17-14-7-3-5-9-16(14)18-11-13-10-12-6-2-4-8-15(12)19-13/h2-9,13H,10-11H2,1H3. The third-order valence-corrected chi connectivity index (χ3v) is 5.95. The van der Waals surface area contributed by atoms with Crippen molar-refractivity contribution in [1.82, 2.24) is 0 Å². The summed E-state index contributed by atoms with van der Waals surface area (Å²) in [5.41, 5.74) is 1.50. The van der Waals surface area contributed by atoms with Crippen molar-refractivity contribution < 1.29 is 4.74 Å². The predicted molar refractivity (Wildman–Crippen MR) is 83.5 cm³/mol. The number of benzene rings is 2. The summed E-state index contributed by atoms with van der Waals surface area (Å²) in [5.74, 6) is 2.10. The second-order valence-electron chi connectivity index (χ2n) is 4.51. The predicted octanol–water partition coefficient (Wildman–Crippen LogP) is 4.50. The Hall–Kier alpha value is -1.06. The molecule has 0 fully saturated rings. The fraction of sp³-hybridized carbons (Fsp3) is 0.250. The number of hydrogen-bond donors (Lipinski definition) is 0. The number of rotatable bonds is 4. The molecule has 0 amide bonds. The molecule has 1 nitrogen and oxygen atoms in total. The molecule has 0 aliphatic carbocycles. The van der Waals surface area contributed by atoms with Crippen molar-refractivity contribution in [3.63, 3.8) is 0 Å². The molecule has 1 aliphatic rings. The molecule has 2 aromatic carbocycles. The lowest BCUT2D eigenvalue weighted by molar-refractivity contribution is 0.405. The van der Waals surface area contributed by atoms with Gasteiger partial charge in [0.05, 0.1) is 7.11 Å². The molecule has 0 N–H and O–H groups in total. The molecule has 3 heteroatoms. The Morgan fingerprint density at radius 3 is 2.79 bits per heavy atom. The first-order chi connectivity index (χ1) is 9.36. The molecule has 98 valence electrons. The minimum Gasteiger partial charge on any atom is -0.496 e. The van der Waals surface area contributed by atoms with Crippen LogP contribution in [-0.4, -0.2) is 18.1 Å². The van der Waals surface area contributed by atoms with Gasteiger partial charge in [0.25, 0.3) is 0 Å². The van der Waals surface area contributed by atoms with Crippen LogP contribution in [0.25, 0.3) is 0 Å². The monoisotopic (exact) mass is 288 g/mol. The zero-order valence-electron chi connectivity index (χ0n) is 10.8. The second-order valence-corrected chi connectivity index (χ2v) is 6.92. The molecule has 2 aromatic rings. The fourth-order valence-corrected chi connectivity index (χ4v) is 4.78. The van der Waals surface area contributed by atoms with Crippen molar-refractivity contribution in [2.75, 3.05) is 12.9 Å². The van der Waals surface area contributed by atoms with Crippen LogP contribution < -0.4 is 4.74 Å². The van der Waals surface area contributed by atoms with Crippen LogP contribution >= 0.6 is 23.5 Å². The number of thioether (sulfide) groups is 2. The summed E-state index contributed by atoms with van der Waals surface area (Å²) in [7, 11) is 1.74. The second kappa shape index (κ2) is 5.93. The highest BCUT2D eigenvalue weighted by atomic mass is 32.2. The molecule has 1 atom stereocenters. The number of fused-ring (bicyclic) bond motifs is 1. The highest BCUT2D eigenvalue weighted by Gasteiger charge is 2.22. The van der Waals surface area contributed by atoms with Crippen LogP contribution in [0.1, 0.15) is 5.56 Å². The van der Waals surface area contributed by atoms with E-state index in [1.54, 1.807) is 7.11 Å². The van der Waals surface area contributed by atoms with E-state index in [-0.39, 0.29) is 0 Å². The van der Waals surface area contributed by atoms with Gasteiger partial charge < -0.3 is 4.74 Å². The minimum absolute atomic E-state index is 0.673. The molecule has 0 aromatic heterocycles. The number of para-hydroxylation sites is 1. The van der Waals surface area contributed by atoms with Crippen molar-refractivity contribution in [3.8, 4) is 5.75 Å². The SMILES string of the molecule is COc1ccccc1SCC1Cc2ccccc2S1. The maximum absolute atomic E-state index is 5.39. The third kappa shape index (κ3) is 2.93. The summed E-state index contributed by atoms with van der Waals surface area (Å²) < 4.78 is 5.39. The lowest BCUT2D eigenvalue weighted by atomic mass is 10.1. The Morgan fingerprint density at radius 1 is 1.16 bits per heavy atom. The van der Waals surface area contributed by atoms with Gasteiger partial charge in [0.15, 0.2) is 0 Å². The van der Waals surface area contributed by atoms with Crippen LogP contribution in [0.15, 0.2) is 58.3 Å². The maximum atomic E-state index is 5.39. The van der Waals surface area contributed by atoms with Crippen molar-refractivity contribution in [2.45, 2.75) is 21.5 Å². The lowest BCUT2D eigenvalue weighted by Gasteiger charge is -2.10. The average Bonchev–Trinajstić information content (AvgIpc) is 2.88. The molecule has 0 saturated heterocycles. The molecular weight excluding hydrogens is 272 g/mol. The quantitative estimate of drug-likeness (QED) is 0.766. The Labute approximate surface area is 122 Å². The molecule has 1 heterocycles. The van der Waals surface area contributed by atoms with Crippen LogP contribution in [0.5, 0.6) is 5.75 Å². The first-order valence-corrected chi connectivity index (χ1v) is 8.24. The van der Waals surface area contributed by atoms with Gasteiger partial charge in [0, 0.05) is 20.8 Å². The van der Waals surface area contributed by atoms with E-state index < -0.39 is 0 Å². The van der Waals surface area contributed by atoms with Gasteiger partial charge >= 0.3 is 0 Å². The Morgan fingerprint density at radius 2 is 1.95 bits per heavy atom. The molecule has 1 unspecified atom stereocenters. The van der Waals surface area contributed by atoms with Gasteiger partial charge in [0.1, 0.15) is 5.75 Å². The van der Waals surface area contributed by atoms with E-state index >= 15 is 0 Å². The number of ether oxygens (including phenoxy) is 1. The Balaban J connectivity index is 1.63. The van der Waals surface area contributed by atoms with Crippen LogP contribution in [0, 0.1) is 0 Å². The van der Waals surface area contributed by atoms with Crippen LogP contribution in [0.2, 0.25) is 0 Å². The van der Waals surface area contributed by atoms with E-state index in [0.717, 1.165) is 11.5 Å². The van der Waals surface area contributed by atoms with E-state index in [0.29, 0.717) is 5.25 Å². The molecule has 3 rings (SSSR count). The lowest BCUT2D eigenvalue weighted by Crippen LogP contribution is -2.04. The van der Waals surface area contributed by atoms with Gasteiger partial charge in [-0.2, -0.15) is 0 Å². The van der Waals surface area contributed by atoms with Crippen molar-refractivity contribution in [1.29, 1.82) is 0 Å². The molecule has 19 heavy (non-hydrogen) atoms. The summed E-state index contributed by atoms with van der Waals surface area (Å²) in [4.78, 5) is 2.69. The topological polar surface area (TPSA) is 9.23 Å². The highest BCUT2D eigenvalue weighted by molar-refractivity contribution is 8.03. The molecule has 0 spiro atoms. The van der Waals surface area contributed by atoms with E-state index in [2.05, 4.69) is 36.4 Å². The summed E-state index contributed by atoms with van der Waals surface area (Å²) in [6.07, 6.45) is 1.18. The smallest absolute Gasteiger partial charge is 0.132 e. The number of hydrogen-bond acceptors (Lipinski definition) is 3. The fourth-order valence-electron chi connectivity index (χ4n) is 2.27. The van der Waals surface area contributed by atoms with Crippen molar-refractivity contribution in [3.05, 3.63) is 54.1 Å². The summed E-state index contributed by atoms with van der Waals surface area (Å²) >= 11 is 3.90. The van der Waals surface area contributed by atoms with Crippen LogP contribution in [0.3, 0.4) is 0 Å². The van der Waals surface area contributed by atoms with Gasteiger partial charge in [-0.05, 0) is 30.2 Å². The minimum atomic E-state index is 0.673. The van der Waals surface area contributed by atoms with Gasteiger partial charge in [-0.15, -0.1) is 23.5 Å². The van der Waals surface area contributed by atoms with E-state index in [9.17, 15) is 0 Å². The van der Waals surface area contributed by atoms with Gasteiger partial charge in [-0.1, -0.05) is 30.3 Å². The Bertz CT molecular complexity index is 543. The molecule has 0 bridgehead atoms. The van der Waals surface area contributed by atoms with Crippen molar-refractivity contribution in [2.24, 2.45) is 0 Å². The van der Waals surface area contributed by atoms with Gasteiger partial charge in [-0.3, -0.25) is 0 Å². The molecule has 0 radical (unpaired) electrons. The summed E-state index contributed by atoms with van der Waals surface area (Å²) in [6, 6.07) is 17.0. The summed E-state index contributed by atoms with van der Waals surface area (Å²) in [6.45, 7) is 0. The average molecular weight is 288 g/mol. The van der Waals surface area contributed by atoms with Crippen molar-refractivity contribution >= 4 is 23.5 Å². The normalized spacial score (nSPS) is 17.2. The maximum Gasteiger partial charge on any atom is 0.132 e. The zero-order chi connectivity index (χ0) is 13.1. The molecule has 0 saturated carbocycles. The highest BCUT2D eigenvalue weighted by Crippen LogP contribution is 2.40. The Kier molecular flexibility index (Phi) is 4.04. The zero-order valence-corrected chi connectivity index (χ0v) is 12.5. The van der Waals surface area contributed by atoms with E-state index in [4.69, 9.17) is 4.74 Å². The van der Waals surface area contributed by atoms with E-state index in [1.807, 2.05) is 35.7 Å². The van der Waals surface area contributed by atoms with Crippen LogP contribution in [-0.2, 0) is 6.42 Å². The first kappa shape index (κ1) is 12.9. The third-order valence-electron chi connectivity index (χ3n) is 3.21. The summed E-state index contributed by atoms with van der Waals surface area (Å²) in [5, 5.41) is 0.673. The number of methoxy groups -OCH3 is 1. The van der Waals surface area contributed by atoms with Crippen LogP contribution in [0.4, 0.5) is 0 Å². The molecule has 1 aliphatic heterocycles. The largest absolute Gasteiger partial charge is 0.496 e.